The molecule has 0 bridgehead atoms. The molecular formula is C15H20FN5O. The summed E-state index contributed by atoms with van der Waals surface area (Å²) in [5.74, 6) is 0.162. The number of carbonyl (C=O) groups excluding carboxylic acids is 1. The first-order valence-electron chi connectivity index (χ1n) is 7.02. The highest BCUT2D eigenvalue weighted by molar-refractivity contribution is 5.83. The van der Waals surface area contributed by atoms with E-state index >= 15 is 0 Å². The molecule has 0 saturated heterocycles. The Labute approximate surface area is 129 Å². The molecule has 7 heteroatoms. The van der Waals surface area contributed by atoms with Crippen molar-refractivity contribution in [1.82, 2.24) is 25.0 Å². The first-order valence-corrected chi connectivity index (χ1v) is 7.02. The molecule has 0 fully saturated rings. The second kappa shape index (κ2) is 7.13. The van der Waals surface area contributed by atoms with Crippen LogP contribution in [0.15, 0.2) is 30.6 Å². The number of nitrogens with zero attached hydrogens (tertiary/aromatic N) is 4. The minimum absolute atomic E-state index is 0.239. The summed E-state index contributed by atoms with van der Waals surface area (Å²) < 4.78 is 15.6. The zero-order valence-corrected chi connectivity index (χ0v) is 13.0. The summed E-state index contributed by atoms with van der Waals surface area (Å²) >= 11 is 0. The number of nitrogens with one attached hydrogen (secondary N) is 1. The van der Waals surface area contributed by atoms with Gasteiger partial charge in [0, 0.05) is 25.6 Å². The molecule has 1 N–H and O–H groups in total. The van der Waals surface area contributed by atoms with Crippen molar-refractivity contribution in [3.8, 4) is 0 Å². The summed E-state index contributed by atoms with van der Waals surface area (Å²) in [6.07, 6.45) is 2.04. The van der Waals surface area contributed by atoms with Gasteiger partial charge in [0.2, 0.25) is 5.91 Å². The lowest BCUT2D eigenvalue weighted by molar-refractivity contribution is -0.125. The molecule has 0 radical (unpaired) electrons. The third kappa shape index (κ3) is 3.67. The monoisotopic (exact) mass is 305 g/mol. The molecule has 6 nitrogen and oxygen atoms in total. The van der Waals surface area contributed by atoms with Crippen LogP contribution < -0.4 is 5.32 Å². The highest BCUT2D eigenvalue weighted by Crippen LogP contribution is 2.21. The number of likely N-dealkylation sites (N-methyl/N-ethyl adjacent to an activating group) is 1. The van der Waals surface area contributed by atoms with Gasteiger partial charge in [0.25, 0.3) is 0 Å². The fraction of sp³-hybridized carbons (Fsp3) is 0.400. The summed E-state index contributed by atoms with van der Waals surface area (Å²) in [6.45, 7) is 0.421. The van der Waals surface area contributed by atoms with Gasteiger partial charge in [0.15, 0.2) is 0 Å². The molecule has 2 aromatic rings. The number of hydrogen-bond donors (Lipinski definition) is 1. The first-order chi connectivity index (χ1) is 10.5. The lowest BCUT2D eigenvalue weighted by Crippen LogP contribution is -2.38. The molecule has 1 heterocycles. The minimum Gasteiger partial charge on any atom is -0.354 e. The summed E-state index contributed by atoms with van der Waals surface area (Å²) in [5, 5.41) is 6.80. The highest BCUT2D eigenvalue weighted by Gasteiger charge is 2.25. The zero-order chi connectivity index (χ0) is 16.1. The van der Waals surface area contributed by atoms with Gasteiger partial charge in [-0.05, 0) is 20.2 Å². The molecule has 0 aliphatic carbocycles. The molecule has 0 spiro atoms. The van der Waals surface area contributed by atoms with Gasteiger partial charge >= 0.3 is 0 Å². The molecule has 1 unspecified atom stereocenters. The standard InChI is InChI=1S/C15H20FN5O/c1-20(2)14(11-6-4-5-7-12(11)16)15(22)17-9-8-13-18-10-19-21(13)3/h4-7,10,14H,8-9H2,1-3H3,(H,17,22). The third-order valence-electron chi connectivity index (χ3n) is 3.42. The van der Waals surface area contributed by atoms with Gasteiger partial charge in [0.05, 0.1) is 0 Å². The Balaban J connectivity index is 2.02. The summed E-state index contributed by atoms with van der Waals surface area (Å²) in [7, 11) is 5.30. The normalized spacial score (nSPS) is 12.4. The zero-order valence-electron chi connectivity index (χ0n) is 13.0. The van der Waals surface area contributed by atoms with Crippen molar-refractivity contribution in [2.24, 2.45) is 7.05 Å². The Hall–Kier alpha value is -2.28. The number of rotatable bonds is 6. The van der Waals surface area contributed by atoms with E-state index in [1.54, 1.807) is 48.9 Å². The van der Waals surface area contributed by atoms with E-state index in [9.17, 15) is 9.18 Å². The molecule has 118 valence electrons. The topological polar surface area (TPSA) is 63.1 Å². The maximum atomic E-state index is 13.9. The van der Waals surface area contributed by atoms with E-state index in [4.69, 9.17) is 0 Å². The van der Waals surface area contributed by atoms with Gasteiger partial charge in [-0.25, -0.2) is 9.37 Å². The molecule has 0 aliphatic heterocycles. The van der Waals surface area contributed by atoms with Crippen LogP contribution in [0.1, 0.15) is 17.4 Å². The average Bonchev–Trinajstić information content (AvgIpc) is 2.86. The summed E-state index contributed by atoms with van der Waals surface area (Å²) in [5.41, 5.74) is 0.364. The van der Waals surface area contributed by atoms with Crippen LogP contribution in [0.3, 0.4) is 0 Å². The highest BCUT2D eigenvalue weighted by atomic mass is 19.1. The lowest BCUT2D eigenvalue weighted by atomic mass is 10.0. The first kappa shape index (κ1) is 16.1. The van der Waals surface area contributed by atoms with Gasteiger partial charge in [-0.1, -0.05) is 18.2 Å². The van der Waals surface area contributed by atoms with E-state index in [-0.39, 0.29) is 11.7 Å². The van der Waals surface area contributed by atoms with Gasteiger partial charge in [-0.15, -0.1) is 0 Å². The lowest BCUT2D eigenvalue weighted by Gasteiger charge is -2.24. The number of aromatic nitrogens is 3. The van der Waals surface area contributed by atoms with E-state index in [0.29, 0.717) is 18.5 Å². The van der Waals surface area contributed by atoms with Crippen LogP contribution in [-0.2, 0) is 18.3 Å². The Morgan fingerprint density at radius 2 is 2.14 bits per heavy atom. The molecule has 2 rings (SSSR count). The second-order valence-corrected chi connectivity index (χ2v) is 5.23. The quantitative estimate of drug-likeness (QED) is 0.862. The molecule has 0 saturated carbocycles. The van der Waals surface area contributed by atoms with Crippen LogP contribution in [0, 0.1) is 5.82 Å². The molecular weight excluding hydrogens is 285 g/mol. The van der Waals surface area contributed by atoms with E-state index in [1.807, 2.05) is 0 Å². The van der Waals surface area contributed by atoms with Crippen molar-refractivity contribution in [2.45, 2.75) is 12.5 Å². The SMILES string of the molecule is CN(C)C(C(=O)NCCc1ncnn1C)c1ccccc1F. The second-order valence-electron chi connectivity index (χ2n) is 5.23. The van der Waals surface area contributed by atoms with Crippen molar-refractivity contribution >= 4 is 5.91 Å². The van der Waals surface area contributed by atoms with Crippen LogP contribution in [0.2, 0.25) is 0 Å². The molecule has 0 aliphatic rings. The van der Waals surface area contributed by atoms with E-state index < -0.39 is 6.04 Å². The summed E-state index contributed by atoms with van der Waals surface area (Å²) in [6, 6.07) is 5.65. The van der Waals surface area contributed by atoms with Crippen molar-refractivity contribution in [3.63, 3.8) is 0 Å². The van der Waals surface area contributed by atoms with Crippen molar-refractivity contribution in [1.29, 1.82) is 0 Å². The largest absolute Gasteiger partial charge is 0.354 e. The smallest absolute Gasteiger partial charge is 0.242 e. The molecule has 1 atom stereocenters. The van der Waals surface area contributed by atoms with E-state index in [1.165, 1.54) is 12.4 Å². The van der Waals surface area contributed by atoms with Crippen LogP contribution >= 0.6 is 0 Å². The number of aryl methyl sites for hydroxylation is 1. The Bertz CT molecular complexity index is 640. The van der Waals surface area contributed by atoms with Crippen molar-refractivity contribution in [2.75, 3.05) is 20.6 Å². The van der Waals surface area contributed by atoms with Gasteiger partial charge in [0.1, 0.15) is 24.0 Å². The predicted octanol–water partition coefficient (Wildman–Crippen LogP) is 0.916. The number of amides is 1. The average molecular weight is 305 g/mol. The fourth-order valence-corrected chi connectivity index (χ4v) is 2.29. The number of hydrogen-bond acceptors (Lipinski definition) is 4. The molecule has 1 amide bonds. The van der Waals surface area contributed by atoms with E-state index in [2.05, 4.69) is 15.4 Å². The molecule has 1 aromatic carbocycles. The molecule has 1 aromatic heterocycles. The fourth-order valence-electron chi connectivity index (χ4n) is 2.29. The summed E-state index contributed by atoms with van der Waals surface area (Å²) in [4.78, 5) is 18.2. The third-order valence-corrected chi connectivity index (χ3v) is 3.42. The number of carbonyl (C=O) groups is 1. The van der Waals surface area contributed by atoms with E-state index in [0.717, 1.165) is 5.82 Å². The minimum atomic E-state index is -0.666. The van der Waals surface area contributed by atoms with Crippen LogP contribution in [0.5, 0.6) is 0 Å². The Morgan fingerprint density at radius 1 is 1.41 bits per heavy atom. The van der Waals surface area contributed by atoms with Gasteiger partial charge in [-0.3, -0.25) is 14.4 Å². The van der Waals surface area contributed by atoms with Gasteiger partial charge < -0.3 is 5.32 Å². The van der Waals surface area contributed by atoms with Crippen LogP contribution in [-0.4, -0.2) is 46.2 Å². The predicted molar refractivity (Wildman–Crippen MR) is 80.5 cm³/mol. The van der Waals surface area contributed by atoms with Crippen LogP contribution in [0.25, 0.3) is 0 Å². The Kier molecular flexibility index (Phi) is 5.21. The number of halogens is 1. The van der Waals surface area contributed by atoms with Gasteiger partial charge in [-0.2, -0.15) is 5.10 Å². The van der Waals surface area contributed by atoms with Crippen LogP contribution in [0.4, 0.5) is 4.39 Å². The molecule has 22 heavy (non-hydrogen) atoms. The maximum Gasteiger partial charge on any atom is 0.242 e. The Morgan fingerprint density at radius 3 is 2.73 bits per heavy atom. The van der Waals surface area contributed by atoms with Crippen molar-refractivity contribution < 1.29 is 9.18 Å². The van der Waals surface area contributed by atoms with Crippen molar-refractivity contribution in [3.05, 3.63) is 47.8 Å². The number of benzene rings is 1. The maximum absolute atomic E-state index is 13.9.